The molecule has 1 fully saturated rings. The van der Waals surface area contributed by atoms with Crippen molar-refractivity contribution in [1.82, 2.24) is 5.32 Å². The van der Waals surface area contributed by atoms with Crippen LogP contribution in [0.5, 0.6) is 11.5 Å². The Kier molecular flexibility index (Phi) is 7.37. The molecule has 4 rings (SSSR count). The Labute approximate surface area is 223 Å². The van der Waals surface area contributed by atoms with Gasteiger partial charge in [0.2, 0.25) is 0 Å². The largest absolute Gasteiger partial charge is 0.497 e. The van der Waals surface area contributed by atoms with E-state index in [-0.39, 0.29) is 22.4 Å². The number of imide groups is 2. The molecule has 1 heterocycles. The van der Waals surface area contributed by atoms with Gasteiger partial charge in [-0.1, -0.05) is 28.1 Å². The van der Waals surface area contributed by atoms with Crippen molar-refractivity contribution in [3.8, 4) is 11.5 Å². The van der Waals surface area contributed by atoms with Crippen molar-refractivity contribution in [3.05, 3.63) is 91.9 Å². The normalized spacial score (nSPS) is 14.6. The molecule has 1 aliphatic rings. The molecule has 0 bridgehead atoms. The number of rotatable bonds is 5. The van der Waals surface area contributed by atoms with Gasteiger partial charge in [-0.25, -0.2) is 14.5 Å². The quantitative estimate of drug-likeness (QED) is 0.179. The van der Waals surface area contributed by atoms with Crippen LogP contribution in [0, 0.1) is 6.92 Å². The van der Waals surface area contributed by atoms with Crippen LogP contribution in [-0.2, 0) is 9.59 Å². The lowest BCUT2D eigenvalue weighted by molar-refractivity contribution is -0.122. The minimum absolute atomic E-state index is 0.0890. The molecule has 8 nitrogen and oxygen atoms in total. The van der Waals surface area contributed by atoms with Gasteiger partial charge in [0.05, 0.1) is 22.8 Å². The summed E-state index contributed by atoms with van der Waals surface area (Å²) in [6, 6.07) is 15.5. The molecule has 0 radical (unpaired) electrons. The molecule has 1 saturated heterocycles. The molecule has 3 aromatic rings. The van der Waals surface area contributed by atoms with Gasteiger partial charge in [0.15, 0.2) is 5.75 Å². The maximum atomic E-state index is 13.3. The molecule has 0 spiro atoms. The van der Waals surface area contributed by atoms with E-state index in [9.17, 15) is 19.2 Å². The number of hydrogen-bond acceptors (Lipinski definition) is 6. The van der Waals surface area contributed by atoms with Crippen molar-refractivity contribution in [1.29, 1.82) is 0 Å². The number of esters is 1. The van der Waals surface area contributed by atoms with E-state index in [1.807, 2.05) is 13.0 Å². The third kappa shape index (κ3) is 5.24. The highest BCUT2D eigenvalue weighted by Gasteiger charge is 2.37. The van der Waals surface area contributed by atoms with Crippen LogP contribution in [0.3, 0.4) is 0 Å². The van der Waals surface area contributed by atoms with Crippen LogP contribution >= 0.6 is 31.9 Å². The molecule has 10 heteroatoms. The van der Waals surface area contributed by atoms with E-state index in [4.69, 9.17) is 9.47 Å². The lowest BCUT2D eigenvalue weighted by Gasteiger charge is -2.26. The number of anilines is 1. The molecule has 0 aliphatic carbocycles. The molecule has 0 saturated carbocycles. The number of amides is 4. The van der Waals surface area contributed by atoms with Gasteiger partial charge in [-0.05, 0) is 83.0 Å². The second kappa shape index (κ2) is 10.5. The van der Waals surface area contributed by atoms with E-state index in [1.54, 1.807) is 54.6 Å². The zero-order valence-corrected chi connectivity index (χ0v) is 22.2. The minimum Gasteiger partial charge on any atom is -0.497 e. The lowest BCUT2D eigenvalue weighted by atomic mass is 10.1. The topological polar surface area (TPSA) is 102 Å². The molecular weight excluding hydrogens is 596 g/mol. The smallest absolute Gasteiger partial charge is 0.343 e. The maximum absolute atomic E-state index is 13.3. The molecular formula is C26H18Br2N2O6. The van der Waals surface area contributed by atoms with Crippen molar-refractivity contribution in [3.63, 3.8) is 0 Å². The lowest BCUT2D eigenvalue weighted by Crippen LogP contribution is -2.54. The Morgan fingerprint density at radius 1 is 1.00 bits per heavy atom. The van der Waals surface area contributed by atoms with Gasteiger partial charge < -0.3 is 9.47 Å². The highest BCUT2D eigenvalue weighted by molar-refractivity contribution is 9.11. The molecule has 36 heavy (non-hydrogen) atoms. The summed E-state index contributed by atoms with van der Waals surface area (Å²) in [5, 5.41) is 2.19. The van der Waals surface area contributed by atoms with E-state index in [0.717, 1.165) is 10.5 Å². The number of nitrogens with one attached hydrogen (secondary N) is 1. The number of halogens is 2. The summed E-state index contributed by atoms with van der Waals surface area (Å²) in [4.78, 5) is 52.1. The molecule has 0 atom stereocenters. The first-order valence-electron chi connectivity index (χ1n) is 10.5. The monoisotopic (exact) mass is 612 g/mol. The van der Waals surface area contributed by atoms with Gasteiger partial charge in [0.1, 0.15) is 11.3 Å². The number of urea groups is 1. The summed E-state index contributed by atoms with van der Waals surface area (Å²) in [5.41, 5.74) is 1.38. The number of nitrogens with zero attached hydrogens (tertiary/aromatic N) is 1. The van der Waals surface area contributed by atoms with Crippen molar-refractivity contribution in [2.45, 2.75) is 6.92 Å². The molecule has 1 aliphatic heterocycles. The average Bonchev–Trinajstić information content (AvgIpc) is 2.83. The number of benzene rings is 3. The Hall–Kier alpha value is -3.76. The Balaban J connectivity index is 1.73. The van der Waals surface area contributed by atoms with E-state index < -0.39 is 23.8 Å². The standard InChI is InChI=1S/C26H18Br2N2O6/c1-14-4-3-5-18(10-14)30-24(32)20(23(31)29-26(30)34)12-16-11-17(27)13-21(28)22(16)36-25(33)15-6-8-19(35-2)9-7-15/h3-13H,1-2H3,(H,29,31,34)/b20-12-. The molecule has 1 N–H and O–H groups in total. The van der Waals surface area contributed by atoms with Crippen LogP contribution in [-0.4, -0.2) is 30.9 Å². The summed E-state index contributed by atoms with van der Waals surface area (Å²) in [6.07, 6.45) is 1.28. The first kappa shape index (κ1) is 25.3. The molecule has 182 valence electrons. The number of methoxy groups -OCH3 is 1. The number of carbonyl (C=O) groups excluding carboxylic acids is 4. The van der Waals surface area contributed by atoms with Crippen LogP contribution in [0.4, 0.5) is 10.5 Å². The summed E-state index contributed by atoms with van der Waals surface area (Å²) in [5.74, 6) is -1.66. The Morgan fingerprint density at radius 3 is 2.39 bits per heavy atom. The number of aryl methyl sites for hydroxylation is 1. The van der Waals surface area contributed by atoms with Crippen LogP contribution < -0.4 is 19.7 Å². The van der Waals surface area contributed by atoms with E-state index in [2.05, 4.69) is 37.2 Å². The predicted octanol–water partition coefficient (Wildman–Crippen LogP) is 5.41. The van der Waals surface area contributed by atoms with Crippen molar-refractivity contribution in [2.24, 2.45) is 0 Å². The average molecular weight is 614 g/mol. The van der Waals surface area contributed by atoms with Gasteiger partial charge in [0.25, 0.3) is 11.8 Å². The fourth-order valence-corrected chi connectivity index (χ4v) is 4.83. The molecule has 0 aromatic heterocycles. The summed E-state index contributed by atoms with van der Waals surface area (Å²) < 4.78 is 11.7. The SMILES string of the molecule is COc1ccc(C(=O)Oc2c(Br)cc(Br)cc2/C=C2/C(=O)NC(=O)N(c3cccc(C)c3)C2=O)cc1. The second-order valence-corrected chi connectivity index (χ2v) is 9.49. The van der Waals surface area contributed by atoms with Crippen LogP contribution in [0.25, 0.3) is 6.08 Å². The summed E-state index contributed by atoms with van der Waals surface area (Å²) in [7, 11) is 1.52. The molecule has 0 unspecified atom stereocenters. The Morgan fingerprint density at radius 2 is 1.72 bits per heavy atom. The molecule has 3 aromatic carbocycles. The minimum atomic E-state index is -0.863. The van der Waals surface area contributed by atoms with Crippen molar-refractivity contribution >= 4 is 67.4 Å². The van der Waals surface area contributed by atoms with E-state index in [0.29, 0.717) is 20.4 Å². The van der Waals surface area contributed by atoms with Gasteiger partial charge >= 0.3 is 12.0 Å². The van der Waals surface area contributed by atoms with Crippen molar-refractivity contribution in [2.75, 3.05) is 12.0 Å². The highest BCUT2D eigenvalue weighted by Crippen LogP contribution is 2.36. The number of hydrogen-bond donors (Lipinski definition) is 1. The summed E-state index contributed by atoms with van der Waals surface area (Å²) >= 11 is 6.75. The second-order valence-electron chi connectivity index (χ2n) is 7.72. The van der Waals surface area contributed by atoms with Crippen molar-refractivity contribution < 1.29 is 28.7 Å². The maximum Gasteiger partial charge on any atom is 0.343 e. The Bertz CT molecular complexity index is 1430. The number of ether oxygens (including phenoxy) is 2. The first-order valence-corrected chi connectivity index (χ1v) is 12.1. The zero-order valence-electron chi connectivity index (χ0n) is 19.0. The fraction of sp³-hybridized carbons (Fsp3) is 0.0769. The summed E-state index contributed by atoms with van der Waals surface area (Å²) in [6.45, 7) is 1.82. The predicted molar refractivity (Wildman–Crippen MR) is 140 cm³/mol. The third-order valence-electron chi connectivity index (χ3n) is 5.22. The van der Waals surface area contributed by atoms with Crippen LogP contribution in [0.1, 0.15) is 21.5 Å². The highest BCUT2D eigenvalue weighted by atomic mass is 79.9. The van der Waals surface area contributed by atoms with E-state index >= 15 is 0 Å². The van der Waals surface area contributed by atoms with Gasteiger partial charge in [-0.15, -0.1) is 0 Å². The van der Waals surface area contributed by atoms with Gasteiger partial charge in [-0.3, -0.25) is 14.9 Å². The van der Waals surface area contributed by atoms with Gasteiger partial charge in [-0.2, -0.15) is 0 Å². The van der Waals surface area contributed by atoms with Crippen LogP contribution in [0.2, 0.25) is 0 Å². The third-order valence-corrected chi connectivity index (χ3v) is 6.27. The van der Waals surface area contributed by atoms with Crippen LogP contribution in [0.15, 0.2) is 75.2 Å². The number of barbiturate groups is 1. The fourth-order valence-electron chi connectivity index (χ4n) is 3.49. The van der Waals surface area contributed by atoms with Gasteiger partial charge in [0, 0.05) is 10.0 Å². The van der Waals surface area contributed by atoms with E-state index in [1.165, 1.54) is 13.2 Å². The first-order chi connectivity index (χ1) is 17.2. The number of carbonyl (C=O) groups is 4. The molecule has 4 amide bonds. The zero-order chi connectivity index (χ0) is 26.0.